The molecule has 1 N–H and O–H groups in total. The summed E-state index contributed by atoms with van der Waals surface area (Å²) < 4.78 is 4.89. The molecule has 1 aromatic carbocycles. The minimum Gasteiger partial charge on any atom is -0.461 e. The van der Waals surface area contributed by atoms with Crippen LogP contribution in [0.1, 0.15) is 19.4 Å². The van der Waals surface area contributed by atoms with Crippen LogP contribution in [-0.2, 0) is 14.3 Å². The largest absolute Gasteiger partial charge is 0.461 e. The van der Waals surface area contributed by atoms with Crippen LogP contribution in [0.4, 0.5) is 0 Å². The van der Waals surface area contributed by atoms with Crippen LogP contribution in [0.5, 0.6) is 0 Å². The third-order valence-corrected chi connectivity index (χ3v) is 2.16. The second kappa shape index (κ2) is 7.27. The Hall–Kier alpha value is -2.10. The number of carbonyl (C=O) groups excluding carboxylic acids is 2. The number of carbonyl (C=O) groups is 2. The van der Waals surface area contributed by atoms with Crippen molar-refractivity contribution in [3.63, 3.8) is 0 Å². The summed E-state index contributed by atoms with van der Waals surface area (Å²) in [6.45, 7) is 3.37. The van der Waals surface area contributed by atoms with Crippen LogP contribution in [-0.4, -0.2) is 24.5 Å². The molecule has 4 heteroatoms. The van der Waals surface area contributed by atoms with E-state index in [4.69, 9.17) is 4.74 Å². The Morgan fingerprint density at radius 2 is 2.00 bits per heavy atom. The summed E-state index contributed by atoms with van der Waals surface area (Å²) >= 11 is 0. The number of esters is 1. The fourth-order valence-corrected chi connectivity index (χ4v) is 1.36. The second-order valence-electron chi connectivity index (χ2n) is 3.91. The number of hydrogen-bond acceptors (Lipinski definition) is 3. The van der Waals surface area contributed by atoms with Gasteiger partial charge in [-0.15, -0.1) is 0 Å². The van der Waals surface area contributed by atoms with E-state index in [1.54, 1.807) is 13.0 Å². The normalized spacial score (nSPS) is 12.1. The van der Waals surface area contributed by atoms with Gasteiger partial charge in [0.05, 0.1) is 6.54 Å². The molecule has 0 aliphatic heterocycles. The van der Waals surface area contributed by atoms with Gasteiger partial charge in [-0.2, -0.15) is 0 Å². The molecular formula is C14H17NO3. The lowest BCUT2D eigenvalue weighted by atomic mass is 10.2. The highest BCUT2D eigenvalue weighted by Crippen LogP contribution is 2.00. The smallest absolute Gasteiger partial charge is 0.302 e. The topological polar surface area (TPSA) is 55.4 Å². The van der Waals surface area contributed by atoms with E-state index in [-0.39, 0.29) is 18.0 Å². The lowest BCUT2D eigenvalue weighted by molar-refractivity contribution is -0.145. The van der Waals surface area contributed by atoms with Gasteiger partial charge in [-0.1, -0.05) is 30.3 Å². The van der Waals surface area contributed by atoms with E-state index in [2.05, 4.69) is 5.32 Å². The van der Waals surface area contributed by atoms with E-state index >= 15 is 0 Å². The van der Waals surface area contributed by atoms with Crippen LogP contribution < -0.4 is 5.32 Å². The molecule has 1 aromatic rings. The highest BCUT2D eigenvalue weighted by molar-refractivity contribution is 5.91. The van der Waals surface area contributed by atoms with Crippen LogP contribution >= 0.6 is 0 Å². The fraction of sp³-hybridized carbons (Fsp3) is 0.286. The number of nitrogens with one attached hydrogen (secondary N) is 1. The van der Waals surface area contributed by atoms with Gasteiger partial charge in [0.1, 0.15) is 6.10 Å². The maximum atomic E-state index is 11.5. The van der Waals surface area contributed by atoms with Crippen LogP contribution in [0.25, 0.3) is 6.08 Å². The summed E-state index contributed by atoms with van der Waals surface area (Å²) in [5, 5.41) is 2.66. The lowest BCUT2D eigenvalue weighted by Gasteiger charge is -2.11. The van der Waals surface area contributed by atoms with Gasteiger partial charge in [-0.05, 0) is 18.6 Å². The molecule has 1 amide bonds. The first-order valence-electron chi connectivity index (χ1n) is 5.76. The molecule has 1 rings (SSSR count). The lowest BCUT2D eigenvalue weighted by Crippen LogP contribution is -2.31. The average Bonchev–Trinajstić information content (AvgIpc) is 2.34. The first-order valence-corrected chi connectivity index (χ1v) is 5.76. The Labute approximate surface area is 107 Å². The van der Waals surface area contributed by atoms with Gasteiger partial charge < -0.3 is 10.1 Å². The quantitative estimate of drug-likeness (QED) is 0.637. The summed E-state index contributed by atoms with van der Waals surface area (Å²) in [7, 11) is 0. The molecule has 1 unspecified atom stereocenters. The van der Waals surface area contributed by atoms with Crippen molar-refractivity contribution in [3.05, 3.63) is 42.0 Å². The van der Waals surface area contributed by atoms with Gasteiger partial charge in [-0.3, -0.25) is 9.59 Å². The monoisotopic (exact) mass is 247 g/mol. The van der Waals surface area contributed by atoms with Gasteiger partial charge in [0.15, 0.2) is 0 Å². The van der Waals surface area contributed by atoms with Crippen LogP contribution in [0.3, 0.4) is 0 Å². The molecule has 4 nitrogen and oxygen atoms in total. The zero-order valence-corrected chi connectivity index (χ0v) is 10.6. The van der Waals surface area contributed by atoms with Crippen LogP contribution in [0, 0.1) is 0 Å². The van der Waals surface area contributed by atoms with E-state index in [1.165, 1.54) is 13.0 Å². The van der Waals surface area contributed by atoms with Gasteiger partial charge in [0.2, 0.25) is 5.91 Å². The van der Waals surface area contributed by atoms with Crippen molar-refractivity contribution in [3.8, 4) is 0 Å². The minimum atomic E-state index is -0.350. The summed E-state index contributed by atoms with van der Waals surface area (Å²) in [4.78, 5) is 22.1. The summed E-state index contributed by atoms with van der Waals surface area (Å²) in [6, 6.07) is 9.54. The molecule has 0 aliphatic rings. The van der Waals surface area contributed by atoms with Crippen molar-refractivity contribution in [1.82, 2.24) is 5.32 Å². The predicted molar refractivity (Wildman–Crippen MR) is 69.7 cm³/mol. The Balaban J connectivity index is 2.34. The molecule has 0 spiro atoms. The second-order valence-corrected chi connectivity index (χ2v) is 3.91. The third-order valence-electron chi connectivity index (χ3n) is 2.16. The number of hydrogen-bond donors (Lipinski definition) is 1. The molecular weight excluding hydrogens is 230 g/mol. The molecule has 0 aliphatic carbocycles. The van der Waals surface area contributed by atoms with Gasteiger partial charge in [-0.25, -0.2) is 0 Å². The Kier molecular flexibility index (Phi) is 5.64. The molecule has 0 fully saturated rings. The van der Waals surface area contributed by atoms with E-state index in [1.807, 2.05) is 30.3 Å². The van der Waals surface area contributed by atoms with Gasteiger partial charge in [0.25, 0.3) is 0 Å². The van der Waals surface area contributed by atoms with Crippen molar-refractivity contribution < 1.29 is 14.3 Å². The van der Waals surface area contributed by atoms with E-state index < -0.39 is 0 Å². The highest BCUT2D eigenvalue weighted by atomic mass is 16.5. The zero-order chi connectivity index (χ0) is 13.4. The number of amides is 1. The molecule has 0 saturated carbocycles. The van der Waals surface area contributed by atoms with Crippen LogP contribution in [0.15, 0.2) is 36.4 Å². The van der Waals surface area contributed by atoms with Gasteiger partial charge in [0, 0.05) is 13.0 Å². The standard InChI is InChI=1S/C14H17NO3/c1-11(18-12(2)16)10-15-14(17)9-8-13-6-4-3-5-7-13/h3-9,11H,10H2,1-2H3,(H,15,17)/b9-8+. The number of benzene rings is 1. The summed E-state index contributed by atoms with van der Waals surface area (Å²) in [5.41, 5.74) is 0.959. The fourth-order valence-electron chi connectivity index (χ4n) is 1.36. The number of rotatable bonds is 5. The van der Waals surface area contributed by atoms with Crippen molar-refractivity contribution in [1.29, 1.82) is 0 Å². The average molecular weight is 247 g/mol. The maximum Gasteiger partial charge on any atom is 0.302 e. The zero-order valence-electron chi connectivity index (χ0n) is 10.6. The van der Waals surface area contributed by atoms with E-state index in [0.29, 0.717) is 6.54 Å². The minimum absolute atomic E-state index is 0.210. The molecule has 0 aromatic heterocycles. The van der Waals surface area contributed by atoms with Gasteiger partial charge >= 0.3 is 5.97 Å². The first-order chi connectivity index (χ1) is 8.58. The maximum absolute atomic E-state index is 11.5. The summed E-state index contributed by atoms with van der Waals surface area (Å²) in [5.74, 6) is -0.561. The van der Waals surface area contributed by atoms with Crippen molar-refractivity contribution in [2.45, 2.75) is 20.0 Å². The van der Waals surface area contributed by atoms with E-state index in [0.717, 1.165) is 5.56 Å². The van der Waals surface area contributed by atoms with Crippen LogP contribution in [0.2, 0.25) is 0 Å². The SMILES string of the molecule is CC(=O)OC(C)CNC(=O)/C=C/c1ccccc1. The molecule has 0 heterocycles. The third kappa shape index (κ3) is 5.84. The molecule has 0 bridgehead atoms. The molecule has 0 saturated heterocycles. The molecule has 0 radical (unpaired) electrons. The Bertz CT molecular complexity index is 426. The van der Waals surface area contributed by atoms with Crippen molar-refractivity contribution in [2.75, 3.05) is 6.54 Å². The highest BCUT2D eigenvalue weighted by Gasteiger charge is 2.05. The van der Waals surface area contributed by atoms with E-state index in [9.17, 15) is 9.59 Å². The van der Waals surface area contributed by atoms with Crippen molar-refractivity contribution >= 4 is 18.0 Å². The first kappa shape index (κ1) is 14.0. The summed E-state index contributed by atoms with van der Waals surface area (Å²) in [6.07, 6.45) is 2.86. The molecule has 1 atom stereocenters. The molecule has 18 heavy (non-hydrogen) atoms. The molecule has 96 valence electrons. The Morgan fingerprint density at radius 1 is 1.33 bits per heavy atom. The predicted octanol–water partition coefficient (Wildman–Crippen LogP) is 1.77. The van der Waals surface area contributed by atoms with Crippen molar-refractivity contribution in [2.24, 2.45) is 0 Å². The Morgan fingerprint density at radius 3 is 2.61 bits per heavy atom. The number of ether oxygens (including phenoxy) is 1.